The van der Waals surface area contributed by atoms with Crippen molar-refractivity contribution in [1.82, 2.24) is 10.6 Å². The number of hydrogen-bond acceptors (Lipinski definition) is 4. The van der Waals surface area contributed by atoms with E-state index in [4.69, 9.17) is 4.18 Å². The third-order valence-electron chi connectivity index (χ3n) is 3.06. The molecular formula is C15H30N2O3S. The number of hydrogen-bond donors (Lipinski definition) is 2. The van der Waals surface area contributed by atoms with Gasteiger partial charge >= 0.3 is 0 Å². The molecule has 0 heterocycles. The molecule has 21 heavy (non-hydrogen) atoms. The Kier molecular flexibility index (Phi) is 13.7. The Balaban J connectivity index is 3.19. The van der Waals surface area contributed by atoms with Crippen LogP contribution in [0.2, 0.25) is 0 Å². The number of carbonyl (C=O) groups excluding carboxylic acids is 2. The summed E-state index contributed by atoms with van der Waals surface area (Å²) in [6, 6.07) is 0. The van der Waals surface area contributed by atoms with Gasteiger partial charge in [0, 0.05) is 25.3 Å². The van der Waals surface area contributed by atoms with Crippen molar-refractivity contribution in [2.45, 2.75) is 52.4 Å². The van der Waals surface area contributed by atoms with Crippen LogP contribution in [-0.4, -0.2) is 37.8 Å². The largest absolute Gasteiger partial charge is 0.356 e. The Hall–Kier alpha value is -0.750. The van der Waals surface area contributed by atoms with Gasteiger partial charge in [-0.1, -0.05) is 39.5 Å². The molecule has 2 N–H and O–H groups in total. The van der Waals surface area contributed by atoms with Crippen LogP contribution in [-0.2, 0) is 13.8 Å². The highest BCUT2D eigenvalue weighted by atomic mass is 32.2. The standard InChI is InChI=1S/C15H30N2O3S/c1-13(2)15(19)17-11-9-7-5-4-6-8-10-16-14(18)12-20-21-3/h13H,4-12H2,1-3H3,(H,16,18)(H,17,19). The fourth-order valence-corrected chi connectivity index (χ4v) is 1.99. The summed E-state index contributed by atoms with van der Waals surface area (Å²) in [7, 11) is 0. The molecule has 0 aliphatic rings. The van der Waals surface area contributed by atoms with Gasteiger partial charge in [0.15, 0.2) is 0 Å². The molecule has 0 radical (unpaired) electrons. The van der Waals surface area contributed by atoms with Crippen molar-refractivity contribution in [2.24, 2.45) is 5.92 Å². The van der Waals surface area contributed by atoms with E-state index >= 15 is 0 Å². The Morgan fingerprint density at radius 1 is 0.952 bits per heavy atom. The van der Waals surface area contributed by atoms with Crippen LogP contribution in [0.3, 0.4) is 0 Å². The van der Waals surface area contributed by atoms with Crippen molar-refractivity contribution in [3.63, 3.8) is 0 Å². The van der Waals surface area contributed by atoms with Crippen LogP contribution in [0.1, 0.15) is 52.4 Å². The lowest BCUT2D eigenvalue weighted by molar-refractivity contribution is -0.124. The molecule has 0 aromatic heterocycles. The van der Waals surface area contributed by atoms with Gasteiger partial charge in [0.25, 0.3) is 0 Å². The van der Waals surface area contributed by atoms with Crippen molar-refractivity contribution in [1.29, 1.82) is 0 Å². The molecular weight excluding hydrogens is 288 g/mol. The molecule has 0 atom stereocenters. The smallest absolute Gasteiger partial charge is 0.247 e. The highest BCUT2D eigenvalue weighted by molar-refractivity contribution is 7.93. The summed E-state index contributed by atoms with van der Waals surface area (Å²) in [5.74, 6) is 0.156. The molecule has 0 aromatic rings. The third kappa shape index (κ3) is 14.0. The Labute approximate surface area is 133 Å². The second-order valence-corrected chi connectivity index (χ2v) is 5.91. The van der Waals surface area contributed by atoms with Crippen molar-refractivity contribution < 1.29 is 13.8 Å². The van der Waals surface area contributed by atoms with E-state index in [9.17, 15) is 9.59 Å². The summed E-state index contributed by atoms with van der Waals surface area (Å²) in [4.78, 5) is 22.5. The quantitative estimate of drug-likeness (QED) is 0.404. The third-order valence-corrected chi connectivity index (χ3v) is 3.41. The number of carbonyl (C=O) groups is 2. The summed E-state index contributed by atoms with van der Waals surface area (Å²) < 4.78 is 4.93. The normalized spacial score (nSPS) is 10.7. The molecule has 2 amide bonds. The van der Waals surface area contributed by atoms with E-state index in [0.717, 1.165) is 38.8 Å². The minimum atomic E-state index is -0.0507. The molecule has 0 bridgehead atoms. The second kappa shape index (κ2) is 14.2. The monoisotopic (exact) mass is 318 g/mol. The summed E-state index contributed by atoms with van der Waals surface area (Å²) in [6.45, 7) is 5.44. The summed E-state index contributed by atoms with van der Waals surface area (Å²) in [6.07, 6.45) is 8.47. The lowest BCUT2D eigenvalue weighted by Crippen LogP contribution is -2.28. The highest BCUT2D eigenvalue weighted by Crippen LogP contribution is 2.04. The van der Waals surface area contributed by atoms with Gasteiger partial charge in [0.1, 0.15) is 6.61 Å². The summed E-state index contributed by atoms with van der Waals surface area (Å²) >= 11 is 1.20. The molecule has 0 aromatic carbocycles. The van der Waals surface area contributed by atoms with Gasteiger partial charge in [-0.15, -0.1) is 0 Å². The minimum Gasteiger partial charge on any atom is -0.356 e. The minimum absolute atomic E-state index is 0.0507. The molecule has 124 valence electrons. The molecule has 0 fully saturated rings. The van der Waals surface area contributed by atoms with Crippen LogP contribution < -0.4 is 10.6 Å². The van der Waals surface area contributed by atoms with E-state index in [1.165, 1.54) is 24.9 Å². The maximum atomic E-state index is 11.3. The average molecular weight is 318 g/mol. The zero-order valence-electron chi connectivity index (χ0n) is 13.6. The molecule has 0 aliphatic carbocycles. The topological polar surface area (TPSA) is 67.4 Å². The maximum absolute atomic E-state index is 11.3. The van der Waals surface area contributed by atoms with Crippen LogP contribution >= 0.6 is 12.0 Å². The Morgan fingerprint density at radius 2 is 1.48 bits per heavy atom. The summed E-state index contributed by atoms with van der Waals surface area (Å²) in [5, 5.41) is 5.75. The lowest BCUT2D eigenvalue weighted by Gasteiger charge is -2.07. The van der Waals surface area contributed by atoms with Crippen LogP contribution in [0.25, 0.3) is 0 Å². The first-order chi connectivity index (χ1) is 10.1. The van der Waals surface area contributed by atoms with Crippen molar-refractivity contribution in [3.05, 3.63) is 0 Å². The van der Waals surface area contributed by atoms with E-state index in [1.807, 2.05) is 13.8 Å². The first-order valence-electron chi connectivity index (χ1n) is 7.78. The predicted octanol–water partition coefficient (Wildman–Crippen LogP) is 2.51. The van der Waals surface area contributed by atoms with Gasteiger partial charge in [0.2, 0.25) is 11.8 Å². The number of unbranched alkanes of at least 4 members (excludes halogenated alkanes) is 5. The zero-order chi connectivity index (χ0) is 15.9. The van der Waals surface area contributed by atoms with Crippen LogP contribution in [0.4, 0.5) is 0 Å². The molecule has 0 unspecified atom stereocenters. The van der Waals surface area contributed by atoms with Gasteiger partial charge in [-0.3, -0.25) is 9.59 Å². The lowest BCUT2D eigenvalue weighted by atomic mass is 10.1. The first-order valence-corrected chi connectivity index (χ1v) is 8.93. The first kappa shape index (κ1) is 20.2. The number of nitrogens with one attached hydrogen (secondary N) is 2. The number of amides is 2. The predicted molar refractivity (Wildman–Crippen MR) is 88.0 cm³/mol. The molecule has 0 aliphatic heterocycles. The molecule has 5 nitrogen and oxygen atoms in total. The van der Waals surface area contributed by atoms with Crippen molar-refractivity contribution in [3.8, 4) is 0 Å². The van der Waals surface area contributed by atoms with Crippen LogP contribution in [0.5, 0.6) is 0 Å². The zero-order valence-corrected chi connectivity index (χ0v) is 14.4. The average Bonchev–Trinajstić information content (AvgIpc) is 2.46. The molecule has 0 rings (SSSR count). The fraction of sp³-hybridized carbons (Fsp3) is 0.867. The van der Waals surface area contributed by atoms with E-state index in [2.05, 4.69) is 10.6 Å². The Morgan fingerprint density at radius 3 is 2.00 bits per heavy atom. The van der Waals surface area contributed by atoms with E-state index < -0.39 is 0 Å². The van der Waals surface area contributed by atoms with Gasteiger partial charge in [-0.05, 0) is 24.9 Å². The van der Waals surface area contributed by atoms with E-state index in [-0.39, 0.29) is 24.3 Å². The van der Waals surface area contributed by atoms with Crippen molar-refractivity contribution in [2.75, 3.05) is 26.0 Å². The van der Waals surface area contributed by atoms with Crippen molar-refractivity contribution >= 4 is 23.9 Å². The second-order valence-electron chi connectivity index (χ2n) is 5.35. The molecule has 0 saturated carbocycles. The van der Waals surface area contributed by atoms with E-state index in [1.54, 1.807) is 6.26 Å². The SMILES string of the molecule is CSOCC(=O)NCCCCCCCCNC(=O)C(C)C. The molecule has 6 heteroatoms. The summed E-state index contributed by atoms with van der Waals surface area (Å²) in [5.41, 5.74) is 0. The molecule has 0 saturated heterocycles. The van der Waals surface area contributed by atoms with Gasteiger partial charge in [0.05, 0.1) is 0 Å². The van der Waals surface area contributed by atoms with Crippen LogP contribution in [0, 0.1) is 5.92 Å². The Bertz CT molecular complexity index is 286. The van der Waals surface area contributed by atoms with Gasteiger partial charge < -0.3 is 14.8 Å². The maximum Gasteiger partial charge on any atom is 0.247 e. The highest BCUT2D eigenvalue weighted by Gasteiger charge is 2.04. The fourth-order valence-electron chi connectivity index (χ4n) is 1.76. The molecule has 0 spiro atoms. The van der Waals surface area contributed by atoms with Crippen LogP contribution in [0.15, 0.2) is 0 Å². The van der Waals surface area contributed by atoms with Gasteiger partial charge in [-0.25, -0.2) is 0 Å². The number of rotatable bonds is 13. The van der Waals surface area contributed by atoms with E-state index in [0.29, 0.717) is 0 Å². The van der Waals surface area contributed by atoms with Gasteiger partial charge in [-0.2, -0.15) is 0 Å².